The van der Waals surface area contributed by atoms with E-state index in [1.807, 2.05) is 4.90 Å². The summed E-state index contributed by atoms with van der Waals surface area (Å²) < 4.78 is 9.73. The first-order chi connectivity index (χ1) is 19.3. The van der Waals surface area contributed by atoms with Crippen molar-refractivity contribution in [1.29, 1.82) is 0 Å². The van der Waals surface area contributed by atoms with Crippen LogP contribution in [0, 0.1) is 11.8 Å². The Morgan fingerprint density at radius 2 is 2.02 bits per heavy atom. The number of imidazole rings is 1. The van der Waals surface area contributed by atoms with Gasteiger partial charge in [-0.15, -0.1) is 5.92 Å². The van der Waals surface area contributed by atoms with Gasteiger partial charge in [0.05, 0.1) is 25.3 Å². The normalized spacial score (nSPS) is 15.2. The van der Waals surface area contributed by atoms with Crippen molar-refractivity contribution < 1.29 is 9.53 Å². The van der Waals surface area contributed by atoms with Gasteiger partial charge in [-0.1, -0.05) is 49.8 Å². The van der Waals surface area contributed by atoms with Crippen LogP contribution >= 0.6 is 11.6 Å². The van der Waals surface area contributed by atoms with Gasteiger partial charge in [0.25, 0.3) is 5.56 Å². The Bertz CT molecular complexity index is 1560. The number of unbranched alkanes of at least 4 members (excludes halogenated alkanes) is 3. The fourth-order valence-corrected chi connectivity index (χ4v) is 5.23. The molecule has 214 valence electrons. The zero-order valence-corrected chi connectivity index (χ0v) is 24.2. The van der Waals surface area contributed by atoms with E-state index in [1.165, 1.54) is 10.6 Å². The van der Waals surface area contributed by atoms with Gasteiger partial charge in [0.15, 0.2) is 11.2 Å². The van der Waals surface area contributed by atoms with Crippen LogP contribution in [0.25, 0.3) is 11.2 Å². The number of hydrogen-bond donors (Lipinski definition) is 1. The lowest BCUT2D eigenvalue weighted by molar-refractivity contribution is 0.0496. The van der Waals surface area contributed by atoms with Crippen LogP contribution in [0.2, 0.25) is 5.02 Å². The molecule has 11 heteroatoms. The first-order valence-electron chi connectivity index (χ1n) is 13.8. The van der Waals surface area contributed by atoms with Crippen LogP contribution in [0.3, 0.4) is 0 Å². The smallest absolute Gasteiger partial charge is 0.338 e. The molecular formula is C29H37ClN6O4. The van der Waals surface area contributed by atoms with Crippen molar-refractivity contribution in [3.05, 3.63) is 55.2 Å². The number of benzene rings is 1. The Morgan fingerprint density at radius 3 is 2.75 bits per heavy atom. The van der Waals surface area contributed by atoms with Crippen molar-refractivity contribution in [2.24, 2.45) is 12.8 Å². The lowest BCUT2D eigenvalue weighted by Crippen LogP contribution is -2.44. The number of carbonyl (C=O) groups excluding carboxylic acids is 1. The number of nitrogens with zero attached hydrogens (tertiary/aromatic N) is 5. The molecule has 1 atom stereocenters. The summed E-state index contributed by atoms with van der Waals surface area (Å²) in [6.45, 7) is 5.58. The standard InChI is InChI=1S/C29H37ClN6O4/c1-4-6-8-9-16-40-27(38)23-17-21(30)13-12-20(23)18-36-26(37)24-25(33(3)29(36)39)32-28(35(24)15-7-5-2)34-14-10-11-22(31)19-34/h12-13,17,22H,4,6,8-11,14-16,18-19,31H2,1-3H3/t22-/m1/s1. The number of carbonyl (C=O) groups is 1. The van der Waals surface area contributed by atoms with Gasteiger partial charge in [-0.2, -0.15) is 4.98 Å². The lowest BCUT2D eigenvalue weighted by Gasteiger charge is -2.31. The average molecular weight is 569 g/mol. The zero-order chi connectivity index (χ0) is 28.8. The Labute approximate surface area is 238 Å². The topological polar surface area (TPSA) is 117 Å². The molecule has 0 unspecified atom stereocenters. The highest BCUT2D eigenvalue weighted by Gasteiger charge is 2.26. The third kappa shape index (κ3) is 6.26. The molecule has 1 fully saturated rings. The molecule has 1 saturated heterocycles. The number of piperidine rings is 1. The van der Waals surface area contributed by atoms with Gasteiger partial charge >= 0.3 is 11.7 Å². The van der Waals surface area contributed by atoms with Crippen LogP contribution in [0.1, 0.15) is 68.3 Å². The first kappa shape index (κ1) is 29.4. The molecule has 0 amide bonds. The first-order valence-corrected chi connectivity index (χ1v) is 14.2. The van der Waals surface area contributed by atoms with Crippen molar-refractivity contribution in [2.75, 3.05) is 24.6 Å². The lowest BCUT2D eigenvalue weighted by atomic mass is 10.1. The van der Waals surface area contributed by atoms with E-state index in [0.717, 1.165) is 49.6 Å². The summed E-state index contributed by atoms with van der Waals surface area (Å²) in [5.74, 6) is 5.94. The van der Waals surface area contributed by atoms with E-state index >= 15 is 0 Å². The third-order valence-electron chi connectivity index (χ3n) is 7.22. The minimum Gasteiger partial charge on any atom is -0.462 e. The van der Waals surface area contributed by atoms with Gasteiger partial charge < -0.3 is 15.4 Å². The van der Waals surface area contributed by atoms with Crippen LogP contribution in [-0.4, -0.2) is 50.4 Å². The van der Waals surface area contributed by atoms with Crippen LogP contribution in [0.15, 0.2) is 27.8 Å². The van der Waals surface area contributed by atoms with E-state index in [9.17, 15) is 14.4 Å². The monoisotopic (exact) mass is 568 g/mol. The molecule has 3 heterocycles. The van der Waals surface area contributed by atoms with E-state index in [1.54, 1.807) is 30.7 Å². The van der Waals surface area contributed by atoms with Crippen molar-refractivity contribution >= 4 is 34.7 Å². The summed E-state index contributed by atoms with van der Waals surface area (Å²) in [5.41, 5.74) is 6.41. The van der Waals surface area contributed by atoms with Crippen molar-refractivity contribution in [3.63, 3.8) is 0 Å². The van der Waals surface area contributed by atoms with Gasteiger partial charge in [0, 0.05) is 31.2 Å². The van der Waals surface area contributed by atoms with Gasteiger partial charge in [-0.05, 0) is 43.9 Å². The Morgan fingerprint density at radius 1 is 1.23 bits per heavy atom. The number of anilines is 1. The summed E-state index contributed by atoms with van der Waals surface area (Å²) in [6, 6.07) is 4.78. The minimum absolute atomic E-state index is 0.00512. The molecule has 1 aliphatic rings. The van der Waals surface area contributed by atoms with E-state index < -0.39 is 17.2 Å². The van der Waals surface area contributed by atoms with E-state index in [2.05, 4.69) is 18.8 Å². The Balaban J connectivity index is 1.77. The van der Waals surface area contributed by atoms with Gasteiger partial charge in [-0.25, -0.2) is 9.59 Å². The van der Waals surface area contributed by atoms with Gasteiger partial charge in [0.2, 0.25) is 5.95 Å². The summed E-state index contributed by atoms with van der Waals surface area (Å²) in [6.07, 6.45) is 5.71. The SMILES string of the molecule is CC#CCn1c(N2CCC[C@@H](N)C2)nc2c1c(=O)n(Cc1ccc(Cl)cc1C(=O)OCCCCCC)c(=O)n2C. The van der Waals surface area contributed by atoms with Crippen molar-refractivity contribution in [2.45, 2.75) is 71.5 Å². The maximum absolute atomic E-state index is 13.9. The van der Waals surface area contributed by atoms with Crippen LogP contribution in [0.4, 0.5) is 5.95 Å². The number of nitrogens with two attached hydrogens (primary N) is 1. The second-order valence-electron chi connectivity index (χ2n) is 10.2. The quantitative estimate of drug-likeness (QED) is 0.226. The largest absolute Gasteiger partial charge is 0.462 e. The number of halogens is 1. The summed E-state index contributed by atoms with van der Waals surface area (Å²) >= 11 is 6.21. The molecular weight excluding hydrogens is 532 g/mol. The number of fused-ring (bicyclic) bond motifs is 1. The average Bonchev–Trinajstić information content (AvgIpc) is 3.33. The molecule has 2 N–H and O–H groups in total. The van der Waals surface area contributed by atoms with Gasteiger partial charge in [-0.3, -0.25) is 18.5 Å². The molecule has 0 radical (unpaired) electrons. The number of rotatable bonds is 10. The highest BCUT2D eigenvalue weighted by molar-refractivity contribution is 6.31. The predicted octanol–water partition coefficient (Wildman–Crippen LogP) is 3.29. The molecule has 40 heavy (non-hydrogen) atoms. The summed E-state index contributed by atoms with van der Waals surface area (Å²) in [4.78, 5) is 47.1. The number of ether oxygens (including phenoxy) is 1. The molecule has 3 aromatic rings. The fourth-order valence-electron chi connectivity index (χ4n) is 5.06. The van der Waals surface area contributed by atoms with Crippen LogP contribution in [-0.2, 0) is 24.9 Å². The Hall–Kier alpha value is -3.55. The highest BCUT2D eigenvalue weighted by Crippen LogP contribution is 2.23. The second kappa shape index (κ2) is 13.2. The summed E-state index contributed by atoms with van der Waals surface area (Å²) in [5, 5.41) is 0.359. The second-order valence-corrected chi connectivity index (χ2v) is 10.6. The molecule has 0 bridgehead atoms. The Kier molecular flexibility index (Phi) is 9.71. The summed E-state index contributed by atoms with van der Waals surface area (Å²) in [7, 11) is 1.59. The van der Waals surface area contributed by atoms with Crippen molar-refractivity contribution in [1.82, 2.24) is 18.7 Å². The molecule has 10 nitrogen and oxygen atoms in total. The highest BCUT2D eigenvalue weighted by atomic mass is 35.5. The maximum atomic E-state index is 13.9. The number of aromatic nitrogens is 4. The predicted molar refractivity (Wildman–Crippen MR) is 157 cm³/mol. The third-order valence-corrected chi connectivity index (χ3v) is 7.45. The molecule has 0 saturated carbocycles. The van der Waals surface area contributed by atoms with Crippen LogP contribution < -0.4 is 21.9 Å². The zero-order valence-electron chi connectivity index (χ0n) is 23.4. The molecule has 0 aliphatic carbocycles. The number of aryl methyl sites for hydroxylation is 1. The molecule has 0 spiro atoms. The van der Waals surface area contributed by atoms with Gasteiger partial charge in [0.1, 0.15) is 0 Å². The van der Waals surface area contributed by atoms with E-state index in [4.69, 9.17) is 27.1 Å². The minimum atomic E-state index is -0.542. The molecule has 4 rings (SSSR count). The van der Waals surface area contributed by atoms with E-state index in [-0.39, 0.29) is 35.9 Å². The fraction of sp³-hybridized carbons (Fsp3) is 0.517. The van der Waals surface area contributed by atoms with Crippen molar-refractivity contribution in [3.8, 4) is 11.8 Å². The molecule has 2 aromatic heterocycles. The number of hydrogen-bond acceptors (Lipinski definition) is 7. The molecule has 1 aliphatic heterocycles. The van der Waals surface area contributed by atoms with Crippen LogP contribution in [0.5, 0.6) is 0 Å². The maximum Gasteiger partial charge on any atom is 0.338 e. The number of esters is 1. The molecule has 1 aromatic carbocycles. The van der Waals surface area contributed by atoms with E-state index in [0.29, 0.717) is 29.7 Å².